The van der Waals surface area contributed by atoms with Gasteiger partial charge in [0.05, 0.1) is 0 Å². The Balaban J connectivity index is 2.08. The van der Waals surface area contributed by atoms with E-state index in [4.69, 9.17) is 0 Å². The molecule has 16 heavy (non-hydrogen) atoms. The molecule has 0 spiro atoms. The molecule has 1 aromatic carbocycles. The number of allylic oxidation sites excluding steroid dienone is 1. The molecule has 0 aliphatic heterocycles. The van der Waals surface area contributed by atoms with Gasteiger partial charge < -0.3 is 0 Å². The lowest BCUT2D eigenvalue weighted by molar-refractivity contribution is 0.911. The van der Waals surface area contributed by atoms with Gasteiger partial charge in [0, 0.05) is 17.8 Å². The molecule has 1 heteroatoms. The fourth-order valence-corrected chi connectivity index (χ4v) is 1.56. The van der Waals surface area contributed by atoms with Crippen molar-refractivity contribution in [3.8, 4) is 0 Å². The summed E-state index contributed by atoms with van der Waals surface area (Å²) >= 11 is 0. The van der Waals surface area contributed by atoms with E-state index in [-0.39, 0.29) is 0 Å². The van der Waals surface area contributed by atoms with E-state index in [0.29, 0.717) is 5.92 Å². The molecule has 1 unspecified atom stereocenters. The van der Waals surface area contributed by atoms with Crippen LogP contribution < -0.4 is 0 Å². The zero-order valence-corrected chi connectivity index (χ0v) is 9.38. The summed E-state index contributed by atoms with van der Waals surface area (Å²) in [6, 6.07) is 16.3. The van der Waals surface area contributed by atoms with Gasteiger partial charge in [-0.25, -0.2) is 0 Å². The van der Waals surface area contributed by atoms with Gasteiger partial charge >= 0.3 is 0 Å². The maximum Gasteiger partial charge on any atom is 0.0469 e. The lowest BCUT2D eigenvalue weighted by Crippen LogP contribution is -1.91. The van der Waals surface area contributed by atoms with Crippen molar-refractivity contribution in [3.05, 3.63) is 72.1 Å². The van der Waals surface area contributed by atoms with E-state index in [1.807, 2.05) is 36.5 Å². The molecule has 0 aliphatic carbocycles. The monoisotopic (exact) mass is 209 g/mol. The van der Waals surface area contributed by atoms with E-state index in [0.717, 1.165) is 5.69 Å². The van der Waals surface area contributed by atoms with Gasteiger partial charge in [-0.3, -0.25) is 4.98 Å². The van der Waals surface area contributed by atoms with Gasteiger partial charge in [0.15, 0.2) is 0 Å². The number of benzene rings is 1. The smallest absolute Gasteiger partial charge is 0.0469 e. The zero-order chi connectivity index (χ0) is 11.2. The van der Waals surface area contributed by atoms with E-state index in [1.54, 1.807) is 0 Å². The van der Waals surface area contributed by atoms with Crippen LogP contribution in [0.3, 0.4) is 0 Å². The predicted molar refractivity (Wildman–Crippen MR) is 68.1 cm³/mol. The minimum Gasteiger partial charge on any atom is -0.261 e. The first kappa shape index (κ1) is 10.6. The van der Waals surface area contributed by atoms with Crippen LogP contribution in [0.5, 0.6) is 0 Å². The fraction of sp³-hybridized carbons (Fsp3) is 0.133. The van der Waals surface area contributed by atoms with E-state index < -0.39 is 0 Å². The maximum atomic E-state index is 4.34. The van der Waals surface area contributed by atoms with Crippen molar-refractivity contribution in [1.82, 2.24) is 4.98 Å². The normalized spacial score (nSPS) is 12.8. The first-order valence-electron chi connectivity index (χ1n) is 5.50. The Morgan fingerprint density at radius 1 is 1.00 bits per heavy atom. The number of nitrogens with zero attached hydrogens (tertiary/aromatic N) is 1. The maximum absolute atomic E-state index is 4.34. The average Bonchev–Trinajstić information content (AvgIpc) is 2.38. The van der Waals surface area contributed by atoms with Gasteiger partial charge in [-0.1, -0.05) is 55.5 Å². The predicted octanol–water partition coefficient (Wildman–Crippen LogP) is 3.90. The number of hydrogen-bond acceptors (Lipinski definition) is 1. The van der Waals surface area contributed by atoms with E-state index in [9.17, 15) is 0 Å². The third-order valence-corrected chi connectivity index (χ3v) is 2.53. The number of aromatic nitrogens is 1. The Morgan fingerprint density at radius 3 is 2.44 bits per heavy atom. The molecule has 0 N–H and O–H groups in total. The molecule has 0 saturated heterocycles. The Bertz CT molecular complexity index is 445. The Labute approximate surface area is 96.5 Å². The summed E-state index contributed by atoms with van der Waals surface area (Å²) in [5.74, 6) is 0.349. The Hall–Kier alpha value is -1.89. The van der Waals surface area contributed by atoms with Crippen molar-refractivity contribution >= 4 is 6.08 Å². The van der Waals surface area contributed by atoms with Crippen LogP contribution in [0.15, 0.2) is 60.8 Å². The van der Waals surface area contributed by atoms with Gasteiger partial charge in [-0.15, -0.1) is 0 Å². The van der Waals surface area contributed by atoms with E-state index in [1.165, 1.54) is 5.56 Å². The molecule has 0 fully saturated rings. The zero-order valence-electron chi connectivity index (χ0n) is 9.38. The van der Waals surface area contributed by atoms with Crippen molar-refractivity contribution in [2.24, 2.45) is 0 Å². The number of pyridine rings is 1. The van der Waals surface area contributed by atoms with Gasteiger partial charge in [0.2, 0.25) is 0 Å². The van der Waals surface area contributed by atoms with Crippen LogP contribution in [0.1, 0.15) is 24.1 Å². The van der Waals surface area contributed by atoms with Crippen LogP contribution in [0, 0.1) is 0 Å². The largest absolute Gasteiger partial charge is 0.261 e. The first-order valence-corrected chi connectivity index (χ1v) is 5.50. The lowest BCUT2D eigenvalue weighted by atomic mass is 10.1. The molecule has 1 nitrogen and oxygen atoms in total. The minimum absolute atomic E-state index is 0.349. The van der Waals surface area contributed by atoms with Crippen LogP contribution in [-0.2, 0) is 0 Å². The molecule has 0 radical (unpaired) electrons. The molecule has 1 heterocycles. The van der Waals surface area contributed by atoms with Gasteiger partial charge in [-0.2, -0.15) is 0 Å². The van der Waals surface area contributed by atoms with Gasteiger partial charge in [0.25, 0.3) is 0 Å². The highest BCUT2D eigenvalue weighted by Gasteiger charge is 2.00. The molecular formula is C15H15N. The second-order valence-corrected chi connectivity index (χ2v) is 3.81. The van der Waals surface area contributed by atoms with Crippen LogP contribution in [0.4, 0.5) is 0 Å². The lowest BCUT2D eigenvalue weighted by Gasteiger charge is -2.04. The molecule has 1 aromatic heterocycles. The Morgan fingerprint density at radius 2 is 1.75 bits per heavy atom. The van der Waals surface area contributed by atoms with Gasteiger partial charge in [0.1, 0.15) is 0 Å². The molecule has 0 bridgehead atoms. The van der Waals surface area contributed by atoms with Crippen molar-refractivity contribution in [2.45, 2.75) is 12.8 Å². The van der Waals surface area contributed by atoms with Crippen LogP contribution in [0.25, 0.3) is 6.08 Å². The third-order valence-electron chi connectivity index (χ3n) is 2.53. The summed E-state index contributed by atoms with van der Waals surface area (Å²) < 4.78 is 0. The van der Waals surface area contributed by atoms with Crippen molar-refractivity contribution in [1.29, 1.82) is 0 Å². The van der Waals surface area contributed by atoms with Gasteiger partial charge in [-0.05, 0) is 17.7 Å². The molecule has 2 aromatic rings. The Kier molecular flexibility index (Phi) is 3.50. The first-order chi connectivity index (χ1) is 7.86. The van der Waals surface area contributed by atoms with Crippen LogP contribution >= 0.6 is 0 Å². The summed E-state index contributed by atoms with van der Waals surface area (Å²) in [5.41, 5.74) is 2.33. The summed E-state index contributed by atoms with van der Waals surface area (Å²) in [7, 11) is 0. The van der Waals surface area contributed by atoms with Crippen molar-refractivity contribution in [2.75, 3.05) is 0 Å². The molecule has 0 aliphatic rings. The molecule has 0 amide bonds. The highest BCUT2D eigenvalue weighted by atomic mass is 14.7. The summed E-state index contributed by atoms with van der Waals surface area (Å²) in [6.45, 7) is 2.15. The molecule has 0 saturated carbocycles. The van der Waals surface area contributed by atoms with Crippen molar-refractivity contribution < 1.29 is 0 Å². The van der Waals surface area contributed by atoms with Crippen LogP contribution in [0.2, 0.25) is 0 Å². The second kappa shape index (κ2) is 5.26. The van der Waals surface area contributed by atoms with E-state index >= 15 is 0 Å². The SMILES string of the molecule is CC(C=Cc1ccccc1)c1ccccn1. The third kappa shape index (κ3) is 2.80. The average molecular weight is 209 g/mol. The summed E-state index contributed by atoms with van der Waals surface area (Å²) in [6.07, 6.45) is 6.15. The minimum atomic E-state index is 0.349. The number of rotatable bonds is 3. The number of hydrogen-bond donors (Lipinski definition) is 0. The molecule has 80 valence electrons. The summed E-state index contributed by atoms with van der Waals surface area (Å²) in [4.78, 5) is 4.34. The topological polar surface area (TPSA) is 12.9 Å². The standard InChI is InChI=1S/C15H15N/c1-13(15-9-5-6-12-16-15)10-11-14-7-3-2-4-8-14/h2-13H,1H3. The fourth-order valence-electron chi connectivity index (χ4n) is 1.56. The highest BCUT2D eigenvalue weighted by Crippen LogP contribution is 2.15. The molecule has 2 rings (SSSR count). The van der Waals surface area contributed by atoms with Crippen LogP contribution in [-0.4, -0.2) is 4.98 Å². The highest BCUT2D eigenvalue weighted by molar-refractivity contribution is 5.50. The van der Waals surface area contributed by atoms with E-state index in [2.05, 4.69) is 42.3 Å². The molecule has 1 atom stereocenters. The summed E-state index contributed by atoms with van der Waals surface area (Å²) in [5, 5.41) is 0. The van der Waals surface area contributed by atoms with Crippen molar-refractivity contribution in [3.63, 3.8) is 0 Å². The second-order valence-electron chi connectivity index (χ2n) is 3.81. The quantitative estimate of drug-likeness (QED) is 0.747. The molecular weight excluding hydrogens is 194 g/mol.